The second-order valence-corrected chi connectivity index (χ2v) is 3.59. The predicted octanol–water partition coefficient (Wildman–Crippen LogP) is 2.82. The van der Waals surface area contributed by atoms with Gasteiger partial charge in [-0.15, -0.1) is 0 Å². The predicted molar refractivity (Wildman–Crippen MR) is 66.3 cm³/mol. The zero-order valence-electron chi connectivity index (χ0n) is 9.31. The molecule has 2 N–H and O–H groups in total. The van der Waals surface area contributed by atoms with Crippen LogP contribution < -0.4 is 10.5 Å². The molecule has 0 aliphatic rings. The number of nitrogens with two attached hydrogens (primary N) is 1. The zero-order chi connectivity index (χ0) is 11.4. The van der Waals surface area contributed by atoms with Crippen LogP contribution in [0.15, 0.2) is 48.5 Å². The highest BCUT2D eigenvalue weighted by atomic mass is 16.5. The van der Waals surface area contributed by atoms with E-state index < -0.39 is 0 Å². The molecule has 2 heteroatoms. The van der Waals surface area contributed by atoms with Gasteiger partial charge in [-0.05, 0) is 28.8 Å². The fourth-order valence-electron chi connectivity index (χ4n) is 1.77. The Morgan fingerprint density at radius 3 is 2.44 bits per heavy atom. The first-order chi connectivity index (χ1) is 7.85. The van der Waals surface area contributed by atoms with Gasteiger partial charge in [-0.2, -0.15) is 0 Å². The molecule has 2 rings (SSSR count). The molecule has 0 heterocycles. The zero-order valence-corrected chi connectivity index (χ0v) is 9.31. The van der Waals surface area contributed by atoms with E-state index >= 15 is 0 Å². The monoisotopic (exact) mass is 213 g/mol. The topological polar surface area (TPSA) is 35.2 Å². The van der Waals surface area contributed by atoms with Gasteiger partial charge in [0.25, 0.3) is 0 Å². The standard InChI is InChI=1S/C14H15NO/c1-16-13-7-8-14(12(9-13)10-15)11-5-3-2-4-6-11/h2-9H,10,15H2,1H3. The van der Waals surface area contributed by atoms with Gasteiger partial charge in [0.05, 0.1) is 7.11 Å². The van der Waals surface area contributed by atoms with E-state index in [1.54, 1.807) is 7.11 Å². The first kappa shape index (κ1) is 10.7. The van der Waals surface area contributed by atoms with Gasteiger partial charge in [-0.3, -0.25) is 0 Å². The van der Waals surface area contributed by atoms with Crippen molar-refractivity contribution in [2.75, 3.05) is 7.11 Å². The van der Waals surface area contributed by atoms with Crippen LogP contribution in [0.25, 0.3) is 11.1 Å². The van der Waals surface area contributed by atoms with Crippen LogP contribution in [0.3, 0.4) is 0 Å². The molecule has 0 aliphatic heterocycles. The van der Waals surface area contributed by atoms with Crippen molar-refractivity contribution in [2.24, 2.45) is 5.73 Å². The van der Waals surface area contributed by atoms with Gasteiger partial charge in [-0.25, -0.2) is 0 Å². The van der Waals surface area contributed by atoms with E-state index in [1.165, 1.54) is 11.1 Å². The Morgan fingerprint density at radius 2 is 1.81 bits per heavy atom. The van der Waals surface area contributed by atoms with Crippen LogP contribution in [-0.2, 0) is 6.54 Å². The Bertz CT molecular complexity index is 465. The summed E-state index contributed by atoms with van der Waals surface area (Å²) in [6.45, 7) is 0.515. The molecule has 0 aliphatic carbocycles. The minimum Gasteiger partial charge on any atom is -0.497 e. The molecule has 0 atom stereocenters. The van der Waals surface area contributed by atoms with Crippen LogP contribution in [0.2, 0.25) is 0 Å². The van der Waals surface area contributed by atoms with Crippen LogP contribution in [-0.4, -0.2) is 7.11 Å². The third-order valence-electron chi connectivity index (χ3n) is 2.62. The Hall–Kier alpha value is -1.80. The Kier molecular flexibility index (Phi) is 3.22. The number of ether oxygens (including phenoxy) is 1. The van der Waals surface area contributed by atoms with Gasteiger partial charge in [0.2, 0.25) is 0 Å². The molecule has 0 amide bonds. The summed E-state index contributed by atoms with van der Waals surface area (Å²) in [6.07, 6.45) is 0. The van der Waals surface area contributed by atoms with E-state index in [0.717, 1.165) is 11.3 Å². The van der Waals surface area contributed by atoms with Gasteiger partial charge in [0.1, 0.15) is 5.75 Å². The van der Waals surface area contributed by atoms with Gasteiger partial charge < -0.3 is 10.5 Å². The van der Waals surface area contributed by atoms with Crippen LogP contribution in [0, 0.1) is 0 Å². The molecule has 0 saturated carbocycles. The van der Waals surface area contributed by atoms with Crippen LogP contribution in [0.1, 0.15) is 5.56 Å². The molecule has 0 unspecified atom stereocenters. The van der Waals surface area contributed by atoms with Crippen molar-refractivity contribution in [3.63, 3.8) is 0 Å². The summed E-state index contributed by atoms with van der Waals surface area (Å²) in [7, 11) is 1.66. The maximum atomic E-state index is 5.76. The molecule has 0 fully saturated rings. The van der Waals surface area contributed by atoms with Gasteiger partial charge in [0, 0.05) is 6.54 Å². The van der Waals surface area contributed by atoms with Crippen molar-refractivity contribution in [3.05, 3.63) is 54.1 Å². The maximum Gasteiger partial charge on any atom is 0.119 e. The molecule has 0 radical (unpaired) electrons. The lowest BCUT2D eigenvalue weighted by atomic mass is 9.99. The highest BCUT2D eigenvalue weighted by Crippen LogP contribution is 2.26. The third-order valence-corrected chi connectivity index (χ3v) is 2.62. The van der Waals surface area contributed by atoms with Gasteiger partial charge >= 0.3 is 0 Å². The number of rotatable bonds is 3. The SMILES string of the molecule is COc1ccc(-c2ccccc2)c(CN)c1. The summed E-state index contributed by atoms with van der Waals surface area (Å²) in [5.41, 5.74) is 9.21. The molecule has 0 aromatic heterocycles. The third kappa shape index (κ3) is 2.07. The van der Waals surface area contributed by atoms with E-state index in [1.807, 2.05) is 30.3 Å². The molecule has 0 spiro atoms. The fourth-order valence-corrected chi connectivity index (χ4v) is 1.77. The largest absolute Gasteiger partial charge is 0.497 e. The lowest BCUT2D eigenvalue weighted by molar-refractivity contribution is 0.414. The minimum atomic E-state index is 0.515. The quantitative estimate of drug-likeness (QED) is 0.850. The first-order valence-electron chi connectivity index (χ1n) is 5.27. The van der Waals surface area contributed by atoms with E-state index in [0.29, 0.717) is 6.54 Å². The fraction of sp³-hybridized carbons (Fsp3) is 0.143. The summed E-state index contributed by atoms with van der Waals surface area (Å²) in [5, 5.41) is 0. The number of methoxy groups -OCH3 is 1. The average molecular weight is 213 g/mol. The highest BCUT2D eigenvalue weighted by Gasteiger charge is 2.04. The normalized spacial score (nSPS) is 10.1. The summed E-state index contributed by atoms with van der Waals surface area (Å²) in [4.78, 5) is 0. The lowest BCUT2D eigenvalue weighted by Crippen LogP contribution is -1.99. The first-order valence-corrected chi connectivity index (χ1v) is 5.27. The summed E-state index contributed by atoms with van der Waals surface area (Å²) in [6, 6.07) is 16.2. The Balaban J connectivity index is 2.49. The van der Waals surface area contributed by atoms with Crippen molar-refractivity contribution in [1.82, 2.24) is 0 Å². The highest BCUT2D eigenvalue weighted by molar-refractivity contribution is 5.68. The van der Waals surface area contributed by atoms with Crippen LogP contribution >= 0.6 is 0 Å². The molecule has 2 nitrogen and oxygen atoms in total. The lowest BCUT2D eigenvalue weighted by Gasteiger charge is -2.09. The second-order valence-electron chi connectivity index (χ2n) is 3.59. The van der Waals surface area contributed by atoms with Crippen LogP contribution in [0.5, 0.6) is 5.75 Å². The van der Waals surface area contributed by atoms with Crippen molar-refractivity contribution in [3.8, 4) is 16.9 Å². The van der Waals surface area contributed by atoms with Crippen molar-refractivity contribution >= 4 is 0 Å². The molecular formula is C14H15NO. The number of hydrogen-bond acceptors (Lipinski definition) is 2. The molecule has 82 valence electrons. The molecule has 0 bridgehead atoms. The summed E-state index contributed by atoms with van der Waals surface area (Å²) in [5.74, 6) is 0.847. The molecule has 16 heavy (non-hydrogen) atoms. The minimum absolute atomic E-state index is 0.515. The Labute approximate surface area is 95.7 Å². The Morgan fingerprint density at radius 1 is 1.06 bits per heavy atom. The maximum absolute atomic E-state index is 5.76. The van der Waals surface area contributed by atoms with Crippen molar-refractivity contribution < 1.29 is 4.74 Å². The summed E-state index contributed by atoms with van der Waals surface area (Å²) < 4.78 is 5.19. The van der Waals surface area contributed by atoms with Gasteiger partial charge in [-0.1, -0.05) is 36.4 Å². The van der Waals surface area contributed by atoms with E-state index in [4.69, 9.17) is 10.5 Å². The smallest absolute Gasteiger partial charge is 0.119 e. The van der Waals surface area contributed by atoms with Crippen LogP contribution in [0.4, 0.5) is 0 Å². The summed E-state index contributed by atoms with van der Waals surface area (Å²) >= 11 is 0. The van der Waals surface area contributed by atoms with E-state index in [2.05, 4.69) is 18.2 Å². The number of benzene rings is 2. The molecule has 0 saturated heterocycles. The molecular weight excluding hydrogens is 198 g/mol. The number of hydrogen-bond donors (Lipinski definition) is 1. The van der Waals surface area contributed by atoms with Gasteiger partial charge in [0.15, 0.2) is 0 Å². The average Bonchev–Trinajstić information content (AvgIpc) is 2.39. The second kappa shape index (κ2) is 4.81. The van der Waals surface area contributed by atoms with Crippen molar-refractivity contribution in [1.29, 1.82) is 0 Å². The van der Waals surface area contributed by atoms with Crippen molar-refractivity contribution in [2.45, 2.75) is 6.54 Å². The molecule has 2 aromatic carbocycles. The van der Waals surface area contributed by atoms with E-state index in [-0.39, 0.29) is 0 Å². The van der Waals surface area contributed by atoms with E-state index in [9.17, 15) is 0 Å². The molecule has 2 aromatic rings.